The minimum atomic E-state index is -0.342. The van der Waals surface area contributed by atoms with Gasteiger partial charge in [-0.2, -0.15) is 0 Å². The van der Waals surface area contributed by atoms with Crippen LogP contribution < -0.4 is 10.5 Å². The van der Waals surface area contributed by atoms with Crippen LogP contribution in [0.25, 0.3) is 11.3 Å². The summed E-state index contributed by atoms with van der Waals surface area (Å²) in [4.78, 5) is 37.0. The van der Waals surface area contributed by atoms with E-state index in [4.69, 9.17) is 0 Å². The number of thiazole rings is 1. The fourth-order valence-corrected chi connectivity index (χ4v) is 4.45. The summed E-state index contributed by atoms with van der Waals surface area (Å²) in [6.07, 6.45) is 0.851. The first-order valence-corrected chi connectivity index (χ1v) is 10.7. The van der Waals surface area contributed by atoms with Crippen LogP contribution in [0.15, 0.2) is 46.6 Å². The van der Waals surface area contributed by atoms with Gasteiger partial charge in [-0.25, -0.2) is 4.98 Å². The minimum Gasteiger partial charge on any atom is -0.346 e. The molecule has 0 radical (unpaired) electrons. The monoisotopic (exact) mass is 408 g/mol. The van der Waals surface area contributed by atoms with Gasteiger partial charge in [0, 0.05) is 37.3 Å². The van der Waals surface area contributed by atoms with Gasteiger partial charge in [-0.3, -0.25) is 9.59 Å². The molecule has 2 aromatic heterocycles. The number of aromatic amines is 1. The average Bonchev–Trinajstić information content (AvgIpc) is 2.99. The molecule has 0 spiro atoms. The topological polar surface area (TPSA) is 69.3 Å². The van der Waals surface area contributed by atoms with E-state index < -0.39 is 0 Å². The standard InChI is InChI=1S/C22H24N4O2S/c1-15-5-3-6-17(13-15)19-8-7-18(20(27)24-19)21(28)25-9-4-10-26(12-11-25)22-23-16(2)14-29-22/h3,5-8,13-14H,4,9-12H2,1-2H3,(H,24,27). The number of aromatic nitrogens is 2. The van der Waals surface area contributed by atoms with Crippen LogP contribution in [-0.4, -0.2) is 47.0 Å². The molecule has 29 heavy (non-hydrogen) atoms. The highest BCUT2D eigenvalue weighted by Crippen LogP contribution is 2.22. The number of aryl methyl sites for hydroxylation is 2. The van der Waals surface area contributed by atoms with Crippen LogP contribution in [0, 0.1) is 13.8 Å². The van der Waals surface area contributed by atoms with Crippen molar-refractivity contribution in [1.82, 2.24) is 14.9 Å². The molecule has 4 rings (SSSR count). The lowest BCUT2D eigenvalue weighted by Gasteiger charge is -2.21. The molecule has 3 aromatic rings. The number of nitrogens with one attached hydrogen (secondary N) is 1. The van der Waals surface area contributed by atoms with E-state index >= 15 is 0 Å². The van der Waals surface area contributed by atoms with Crippen LogP contribution >= 0.6 is 11.3 Å². The number of carbonyl (C=O) groups is 1. The second kappa shape index (κ2) is 8.21. The number of anilines is 1. The molecule has 1 aliphatic heterocycles. The second-order valence-corrected chi connectivity index (χ2v) is 8.23. The van der Waals surface area contributed by atoms with Gasteiger partial charge < -0.3 is 14.8 Å². The van der Waals surface area contributed by atoms with Crippen molar-refractivity contribution in [3.8, 4) is 11.3 Å². The van der Waals surface area contributed by atoms with Gasteiger partial charge in [0.1, 0.15) is 5.56 Å². The van der Waals surface area contributed by atoms with Crippen LogP contribution in [0.3, 0.4) is 0 Å². The number of rotatable bonds is 3. The van der Waals surface area contributed by atoms with E-state index in [9.17, 15) is 9.59 Å². The summed E-state index contributed by atoms with van der Waals surface area (Å²) in [7, 11) is 0. The molecule has 1 fully saturated rings. The maximum absolute atomic E-state index is 13.0. The van der Waals surface area contributed by atoms with Crippen molar-refractivity contribution >= 4 is 22.4 Å². The highest BCUT2D eigenvalue weighted by molar-refractivity contribution is 7.13. The Labute approximate surface area is 173 Å². The smallest absolute Gasteiger partial charge is 0.261 e. The normalized spacial score (nSPS) is 14.7. The van der Waals surface area contributed by atoms with Crippen LogP contribution in [0.5, 0.6) is 0 Å². The quantitative estimate of drug-likeness (QED) is 0.721. The predicted octanol–water partition coefficient (Wildman–Crippen LogP) is 3.47. The Hall–Kier alpha value is -2.93. The van der Waals surface area contributed by atoms with Crippen molar-refractivity contribution in [3.63, 3.8) is 0 Å². The third-order valence-corrected chi connectivity index (χ3v) is 6.15. The van der Waals surface area contributed by atoms with E-state index in [-0.39, 0.29) is 17.0 Å². The van der Waals surface area contributed by atoms with Crippen LogP contribution in [0.4, 0.5) is 5.13 Å². The van der Waals surface area contributed by atoms with Crippen molar-refractivity contribution in [2.24, 2.45) is 0 Å². The van der Waals surface area contributed by atoms with Crippen LogP contribution in [0.1, 0.15) is 28.0 Å². The molecular weight excluding hydrogens is 384 g/mol. The van der Waals surface area contributed by atoms with Gasteiger partial charge in [0.2, 0.25) is 0 Å². The highest BCUT2D eigenvalue weighted by Gasteiger charge is 2.23. The summed E-state index contributed by atoms with van der Waals surface area (Å²) in [5, 5.41) is 3.04. The van der Waals surface area contributed by atoms with Gasteiger partial charge in [0.25, 0.3) is 11.5 Å². The number of hydrogen-bond acceptors (Lipinski definition) is 5. The summed E-state index contributed by atoms with van der Waals surface area (Å²) in [6, 6.07) is 11.4. The van der Waals surface area contributed by atoms with E-state index in [0.29, 0.717) is 13.1 Å². The molecule has 1 N–H and O–H groups in total. The molecule has 1 aliphatic rings. The Morgan fingerprint density at radius 2 is 1.97 bits per heavy atom. The van der Waals surface area contributed by atoms with Gasteiger partial charge >= 0.3 is 0 Å². The van der Waals surface area contributed by atoms with Gasteiger partial charge in [-0.15, -0.1) is 11.3 Å². The van der Waals surface area contributed by atoms with Crippen molar-refractivity contribution in [2.45, 2.75) is 20.3 Å². The predicted molar refractivity (Wildman–Crippen MR) is 117 cm³/mol. The molecule has 0 saturated carbocycles. The maximum Gasteiger partial charge on any atom is 0.261 e. The van der Waals surface area contributed by atoms with E-state index in [1.807, 2.05) is 49.6 Å². The summed E-state index contributed by atoms with van der Waals surface area (Å²) >= 11 is 1.63. The highest BCUT2D eigenvalue weighted by atomic mass is 32.1. The van der Waals surface area contributed by atoms with Gasteiger partial charge in [-0.05, 0) is 44.0 Å². The van der Waals surface area contributed by atoms with E-state index in [0.717, 1.165) is 47.2 Å². The summed E-state index contributed by atoms with van der Waals surface area (Å²) in [6.45, 7) is 6.79. The molecule has 150 valence electrons. The van der Waals surface area contributed by atoms with Crippen molar-refractivity contribution < 1.29 is 4.79 Å². The average molecular weight is 409 g/mol. The Morgan fingerprint density at radius 1 is 1.10 bits per heavy atom. The SMILES string of the molecule is Cc1cccc(-c2ccc(C(=O)N3CCCN(c4nc(C)cs4)CC3)c(=O)[nH]2)c1. The van der Waals surface area contributed by atoms with Crippen LogP contribution in [-0.2, 0) is 0 Å². The molecule has 1 saturated heterocycles. The maximum atomic E-state index is 13.0. The zero-order valence-corrected chi connectivity index (χ0v) is 17.5. The Morgan fingerprint density at radius 3 is 2.69 bits per heavy atom. The number of H-pyrrole nitrogens is 1. The lowest BCUT2D eigenvalue weighted by Crippen LogP contribution is -2.37. The van der Waals surface area contributed by atoms with Gasteiger partial charge in [-0.1, -0.05) is 23.8 Å². The van der Waals surface area contributed by atoms with Gasteiger partial charge in [0.15, 0.2) is 5.13 Å². The first kappa shape index (κ1) is 19.4. The molecule has 0 atom stereocenters. The summed E-state index contributed by atoms with van der Waals surface area (Å²) < 4.78 is 0. The van der Waals surface area contributed by atoms with Crippen molar-refractivity contribution in [1.29, 1.82) is 0 Å². The number of nitrogens with zero attached hydrogens (tertiary/aromatic N) is 3. The molecular formula is C22H24N4O2S. The Kier molecular flexibility index (Phi) is 5.49. The molecule has 7 heteroatoms. The molecule has 0 aliphatic carbocycles. The third kappa shape index (κ3) is 4.24. The fourth-order valence-electron chi connectivity index (χ4n) is 3.59. The number of carbonyl (C=O) groups excluding carboxylic acids is 1. The number of pyridine rings is 1. The fraction of sp³-hybridized carbons (Fsp3) is 0.318. The largest absolute Gasteiger partial charge is 0.346 e. The number of hydrogen-bond donors (Lipinski definition) is 1. The molecule has 3 heterocycles. The van der Waals surface area contributed by atoms with Crippen molar-refractivity contribution in [3.05, 3.63) is 69.0 Å². The Bertz CT molecular complexity index is 1090. The molecule has 1 amide bonds. The van der Waals surface area contributed by atoms with Gasteiger partial charge in [0.05, 0.1) is 5.69 Å². The van der Waals surface area contributed by atoms with E-state index in [1.165, 1.54) is 0 Å². The molecule has 6 nitrogen and oxygen atoms in total. The lowest BCUT2D eigenvalue weighted by molar-refractivity contribution is 0.0765. The second-order valence-electron chi connectivity index (χ2n) is 7.39. The zero-order valence-electron chi connectivity index (χ0n) is 16.6. The molecule has 0 bridgehead atoms. The van der Waals surface area contributed by atoms with E-state index in [1.54, 1.807) is 22.3 Å². The number of benzene rings is 1. The lowest BCUT2D eigenvalue weighted by atomic mass is 10.1. The molecule has 0 unspecified atom stereocenters. The molecule has 1 aromatic carbocycles. The van der Waals surface area contributed by atoms with Crippen molar-refractivity contribution in [2.75, 3.05) is 31.1 Å². The minimum absolute atomic E-state index is 0.194. The van der Waals surface area contributed by atoms with Crippen LogP contribution in [0.2, 0.25) is 0 Å². The first-order chi connectivity index (χ1) is 14.0. The third-order valence-electron chi connectivity index (χ3n) is 5.13. The summed E-state index contributed by atoms with van der Waals surface area (Å²) in [5.74, 6) is -0.209. The Balaban J connectivity index is 1.50. The summed E-state index contributed by atoms with van der Waals surface area (Å²) in [5.41, 5.74) is 3.64. The van der Waals surface area contributed by atoms with E-state index in [2.05, 4.69) is 14.9 Å². The number of amides is 1. The zero-order chi connectivity index (χ0) is 20.4. The first-order valence-electron chi connectivity index (χ1n) is 9.78.